The molecule has 6 nitrogen and oxygen atoms in total. The van der Waals surface area contributed by atoms with Gasteiger partial charge >= 0.3 is 0 Å². The molecule has 158 valence electrons. The number of rotatable bonds is 4. The second kappa shape index (κ2) is 10.4. The first kappa shape index (κ1) is 22.1. The van der Waals surface area contributed by atoms with Gasteiger partial charge in [-0.15, -0.1) is 24.0 Å². The van der Waals surface area contributed by atoms with Gasteiger partial charge in [-0.25, -0.2) is 9.37 Å². The van der Waals surface area contributed by atoms with Gasteiger partial charge in [0.05, 0.1) is 12.0 Å². The number of aromatic nitrogens is 2. The molecule has 2 heterocycles. The molecule has 0 radical (unpaired) electrons. The smallest absolute Gasteiger partial charge is 0.194 e. The second-order valence-electron chi connectivity index (χ2n) is 6.95. The minimum atomic E-state index is -0.201. The number of hydrogen-bond donors (Lipinski definition) is 1. The van der Waals surface area contributed by atoms with Crippen molar-refractivity contribution in [2.45, 2.75) is 6.54 Å². The lowest BCUT2D eigenvalue weighted by molar-refractivity contribution is 0.372. The van der Waals surface area contributed by atoms with E-state index in [0.717, 1.165) is 43.5 Å². The van der Waals surface area contributed by atoms with Gasteiger partial charge in [-0.05, 0) is 35.9 Å². The Bertz CT molecular complexity index is 950. The molecule has 2 aromatic carbocycles. The summed E-state index contributed by atoms with van der Waals surface area (Å²) in [6.45, 7) is 4.15. The molecule has 3 aromatic rings. The van der Waals surface area contributed by atoms with Crippen LogP contribution in [0, 0.1) is 5.82 Å². The molecular formula is C22H26FIN6. The zero-order valence-corrected chi connectivity index (χ0v) is 19.2. The second-order valence-corrected chi connectivity index (χ2v) is 6.95. The molecule has 1 aliphatic heterocycles. The van der Waals surface area contributed by atoms with E-state index in [0.29, 0.717) is 6.54 Å². The summed E-state index contributed by atoms with van der Waals surface area (Å²) in [5.41, 5.74) is 3.34. The molecule has 0 amide bonds. The number of piperazine rings is 1. The van der Waals surface area contributed by atoms with Crippen LogP contribution in [0.2, 0.25) is 0 Å². The van der Waals surface area contributed by atoms with Crippen molar-refractivity contribution < 1.29 is 4.39 Å². The molecule has 8 heteroatoms. The average molecular weight is 520 g/mol. The topological polar surface area (TPSA) is 48.7 Å². The van der Waals surface area contributed by atoms with Crippen LogP contribution in [0.1, 0.15) is 5.56 Å². The molecule has 1 fully saturated rings. The highest BCUT2D eigenvalue weighted by atomic mass is 127. The molecule has 1 aliphatic rings. The molecule has 0 spiro atoms. The number of imidazole rings is 1. The summed E-state index contributed by atoms with van der Waals surface area (Å²) in [7, 11) is 1.82. The van der Waals surface area contributed by atoms with Crippen LogP contribution < -0.4 is 10.2 Å². The molecule has 0 aliphatic carbocycles. The average Bonchev–Trinajstić information content (AvgIpc) is 3.30. The van der Waals surface area contributed by atoms with Crippen LogP contribution in [0.3, 0.4) is 0 Å². The molecule has 0 bridgehead atoms. The van der Waals surface area contributed by atoms with E-state index in [9.17, 15) is 4.39 Å². The molecular weight excluding hydrogens is 494 g/mol. The fraction of sp³-hybridized carbons (Fsp3) is 0.273. The lowest BCUT2D eigenvalue weighted by Gasteiger charge is -2.37. The fourth-order valence-corrected chi connectivity index (χ4v) is 3.65. The van der Waals surface area contributed by atoms with E-state index in [1.54, 1.807) is 6.20 Å². The number of nitrogens with zero attached hydrogens (tertiary/aromatic N) is 5. The number of benzene rings is 2. The van der Waals surface area contributed by atoms with Crippen LogP contribution in [0.5, 0.6) is 0 Å². The monoisotopic (exact) mass is 520 g/mol. The van der Waals surface area contributed by atoms with Crippen molar-refractivity contribution in [3.63, 3.8) is 0 Å². The van der Waals surface area contributed by atoms with Crippen molar-refractivity contribution in [3.8, 4) is 5.69 Å². The summed E-state index contributed by atoms with van der Waals surface area (Å²) in [4.78, 5) is 13.2. The molecule has 1 aromatic heterocycles. The van der Waals surface area contributed by atoms with Crippen LogP contribution in [0.15, 0.2) is 72.2 Å². The summed E-state index contributed by atoms with van der Waals surface area (Å²) in [5, 5.41) is 3.49. The van der Waals surface area contributed by atoms with Gasteiger partial charge in [-0.2, -0.15) is 0 Å². The van der Waals surface area contributed by atoms with Gasteiger partial charge in [0.1, 0.15) is 5.82 Å². The normalized spacial score (nSPS) is 14.4. The van der Waals surface area contributed by atoms with Gasteiger partial charge in [0.15, 0.2) is 5.96 Å². The van der Waals surface area contributed by atoms with E-state index in [4.69, 9.17) is 0 Å². The maximum atomic E-state index is 13.2. The maximum Gasteiger partial charge on any atom is 0.194 e. The number of halogens is 2. The zero-order valence-electron chi connectivity index (χ0n) is 16.9. The van der Waals surface area contributed by atoms with E-state index in [2.05, 4.69) is 37.2 Å². The molecule has 1 N–H and O–H groups in total. The lowest BCUT2D eigenvalue weighted by atomic mass is 10.1. The summed E-state index contributed by atoms with van der Waals surface area (Å²) in [6.07, 6.45) is 5.54. The van der Waals surface area contributed by atoms with Gasteiger partial charge in [0.2, 0.25) is 0 Å². The van der Waals surface area contributed by atoms with E-state index in [1.165, 1.54) is 17.7 Å². The van der Waals surface area contributed by atoms with Crippen LogP contribution >= 0.6 is 24.0 Å². The summed E-state index contributed by atoms with van der Waals surface area (Å²) < 4.78 is 15.2. The van der Waals surface area contributed by atoms with E-state index in [-0.39, 0.29) is 29.8 Å². The highest BCUT2D eigenvalue weighted by Gasteiger charge is 2.20. The van der Waals surface area contributed by atoms with Crippen molar-refractivity contribution in [1.82, 2.24) is 19.8 Å². The first-order chi connectivity index (χ1) is 14.2. The predicted octanol–water partition coefficient (Wildman–Crippen LogP) is 3.53. The molecule has 0 atom stereocenters. The maximum absolute atomic E-state index is 13.2. The Kier molecular flexibility index (Phi) is 7.67. The van der Waals surface area contributed by atoms with Gasteiger partial charge in [0, 0.05) is 57.9 Å². The zero-order chi connectivity index (χ0) is 20.1. The van der Waals surface area contributed by atoms with Gasteiger partial charge in [-0.1, -0.05) is 18.2 Å². The van der Waals surface area contributed by atoms with E-state index in [1.807, 2.05) is 48.4 Å². The van der Waals surface area contributed by atoms with Gasteiger partial charge in [-0.3, -0.25) is 4.99 Å². The van der Waals surface area contributed by atoms with Crippen molar-refractivity contribution in [3.05, 3.63) is 78.6 Å². The van der Waals surface area contributed by atoms with Gasteiger partial charge < -0.3 is 19.7 Å². The number of aliphatic imine (C=N–C) groups is 1. The Morgan fingerprint density at radius 2 is 1.80 bits per heavy atom. The molecule has 30 heavy (non-hydrogen) atoms. The van der Waals surface area contributed by atoms with E-state index >= 15 is 0 Å². The number of para-hydroxylation sites is 1. The Morgan fingerprint density at radius 1 is 1.07 bits per heavy atom. The number of nitrogens with one attached hydrogen (secondary N) is 1. The minimum Gasteiger partial charge on any atom is -0.368 e. The highest BCUT2D eigenvalue weighted by molar-refractivity contribution is 14.0. The molecule has 4 rings (SSSR count). The third-order valence-corrected chi connectivity index (χ3v) is 5.19. The summed E-state index contributed by atoms with van der Waals surface area (Å²) >= 11 is 0. The third-order valence-electron chi connectivity index (χ3n) is 5.19. The number of anilines is 1. The number of guanidine groups is 1. The Hall–Kier alpha value is -2.62. The SMILES string of the molecule is CN=C(NCc1ccccc1-n1ccnc1)N1CCN(c2ccc(F)cc2)CC1.I. The first-order valence-electron chi connectivity index (χ1n) is 9.77. The molecule has 0 unspecified atom stereocenters. The highest BCUT2D eigenvalue weighted by Crippen LogP contribution is 2.17. The van der Waals surface area contributed by atoms with Crippen molar-refractivity contribution in [2.24, 2.45) is 4.99 Å². The van der Waals surface area contributed by atoms with Crippen LogP contribution in [-0.4, -0.2) is 53.6 Å². The van der Waals surface area contributed by atoms with Crippen molar-refractivity contribution >= 4 is 35.6 Å². The Morgan fingerprint density at radius 3 is 2.47 bits per heavy atom. The lowest BCUT2D eigenvalue weighted by Crippen LogP contribution is -2.52. The quantitative estimate of drug-likeness (QED) is 0.325. The molecule has 0 saturated carbocycles. The summed E-state index contributed by atoms with van der Waals surface area (Å²) in [5.74, 6) is 0.692. The van der Waals surface area contributed by atoms with Crippen LogP contribution in [0.4, 0.5) is 10.1 Å². The fourth-order valence-electron chi connectivity index (χ4n) is 3.65. The summed E-state index contributed by atoms with van der Waals surface area (Å²) in [6, 6.07) is 15.0. The van der Waals surface area contributed by atoms with Crippen molar-refractivity contribution in [2.75, 3.05) is 38.1 Å². The van der Waals surface area contributed by atoms with E-state index < -0.39 is 0 Å². The number of hydrogen-bond acceptors (Lipinski definition) is 3. The predicted molar refractivity (Wildman–Crippen MR) is 129 cm³/mol. The Labute approximate surface area is 193 Å². The van der Waals surface area contributed by atoms with Crippen molar-refractivity contribution in [1.29, 1.82) is 0 Å². The van der Waals surface area contributed by atoms with Crippen LogP contribution in [-0.2, 0) is 6.54 Å². The standard InChI is InChI=1S/C22H25FN6.HI/c1-24-22(26-16-18-4-2-3-5-21(18)29-11-10-25-17-29)28-14-12-27(13-15-28)20-8-6-19(23)7-9-20;/h2-11,17H,12-16H2,1H3,(H,24,26);1H. The first-order valence-corrected chi connectivity index (χ1v) is 9.77. The third kappa shape index (κ3) is 5.10. The van der Waals surface area contributed by atoms with Crippen LogP contribution in [0.25, 0.3) is 5.69 Å². The van der Waals surface area contributed by atoms with Gasteiger partial charge in [0.25, 0.3) is 0 Å². The minimum absolute atomic E-state index is 0. The largest absolute Gasteiger partial charge is 0.368 e. The molecule has 1 saturated heterocycles. The Balaban J connectivity index is 0.00000256.